The van der Waals surface area contributed by atoms with E-state index in [0.29, 0.717) is 22.4 Å². The monoisotopic (exact) mass is 360 g/mol. The molecule has 0 spiro atoms. The van der Waals surface area contributed by atoms with E-state index in [2.05, 4.69) is 20.3 Å². The molecule has 9 heteroatoms. The fourth-order valence-electron chi connectivity index (χ4n) is 1.91. The van der Waals surface area contributed by atoms with Crippen LogP contribution in [0.4, 0.5) is 19.0 Å². The van der Waals surface area contributed by atoms with Gasteiger partial charge in [0.2, 0.25) is 5.88 Å². The van der Waals surface area contributed by atoms with E-state index < -0.39 is 11.7 Å². The third kappa shape index (κ3) is 4.70. The number of hydrogen-bond donors (Lipinski definition) is 1. The summed E-state index contributed by atoms with van der Waals surface area (Å²) < 4.78 is 42.8. The second-order valence-corrected chi connectivity index (χ2v) is 5.64. The fourth-order valence-corrected chi connectivity index (χ4v) is 2.05. The number of pyridine rings is 1. The van der Waals surface area contributed by atoms with Gasteiger partial charge in [-0.2, -0.15) is 13.2 Å². The zero-order valence-corrected chi connectivity index (χ0v) is 14.0. The molecule has 0 amide bonds. The Morgan fingerprint density at radius 3 is 2.54 bits per heavy atom. The molecule has 0 aliphatic carbocycles. The Kier molecular flexibility index (Phi) is 5.48. The minimum Gasteiger partial charge on any atom is -0.475 e. The van der Waals surface area contributed by atoms with Crippen LogP contribution in [0.2, 0.25) is 5.02 Å². The predicted molar refractivity (Wildman–Crippen MR) is 84.3 cm³/mol. The number of rotatable bonds is 5. The van der Waals surface area contributed by atoms with Crippen LogP contribution in [0.15, 0.2) is 18.3 Å². The van der Waals surface area contributed by atoms with Gasteiger partial charge in [0, 0.05) is 12.3 Å². The number of hydrogen-bond acceptors (Lipinski definition) is 5. The average Bonchev–Trinajstić information content (AvgIpc) is 2.49. The van der Waals surface area contributed by atoms with Crippen molar-refractivity contribution in [3.8, 4) is 5.88 Å². The summed E-state index contributed by atoms with van der Waals surface area (Å²) in [6, 6.07) is 1.91. The summed E-state index contributed by atoms with van der Waals surface area (Å²) in [5.41, 5.74) is -0.163. The highest BCUT2D eigenvalue weighted by Gasteiger charge is 2.30. The van der Waals surface area contributed by atoms with Crippen molar-refractivity contribution in [2.45, 2.75) is 33.0 Å². The molecule has 24 heavy (non-hydrogen) atoms. The Morgan fingerprint density at radius 2 is 1.96 bits per heavy atom. The lowest BCUT2D eigenvalue weighted by Crippen LogP contribution is -2.25. The highest BCUT2D eigenvalue weighted by atomic mass is 35.5. The van der Waals surface area contributed by atoms with Crippen molar-refractivity contribution in [2.24, 2.45) is 0 Å². The molecule has 2 heterocycles. The zero-order valence-electron chi connectivity index (χ0n) is 13.3. The zero-order chi connectivity index (χ0) is 17.9. The van der Waals surface area contributed by atoms with Gasteiger partial charge >= 0.3 is 6.18 Å². The summed E-state index contributed by atoms with van der Waals surface area (Å²) >= 11 is 6.14. The van der Waals surface area contributed by atoms with E-state index in [1.807, 2.05) is 6.92 Å². The molecule has 2 aromatic heterocycles. The molecular formula is C15H16ClF3N4O. The van der Waals surface area contributed by atoms with Crippen LogP contribution in [0.5, 0.6) is 5.88 Å². The maximum atomic E-state index is 12.5. The molecule has 1 unspecified atom stereocenters. The van der Waals surface area contributed by atoms with Gasteiger partial charge in [0.05, 0.1) is 17.3 Å². The number of ether oxygens (including phenoxy) is 1. The summed E-state index contributed by atoms with van der Waals surface area (Å²) in [7, 11) is 0. The van der Waals surface area contributed by atoms with E-state index in [1.165, 1.54) is 6.07 Å². The van der Waals surface area contributed by atoms with Crippen LogP contribution in [0.1, 0.15) is 24.0 Å². The number of aromatic nitrogens is 3. The van der Waals surface area contributed by atoms with E-state index in [4.69, 9.17) is 16.3 Å². The maximum absolute atomic E-state index is 12.5. The third-order valence-electron chi connectivity index (χ3n) is 3.06. The van der Waals surface area contributed by atoms with Crippen LogP contribution < -0.4 is 10.1 Å². The van der Waals surface area contributed by atoms with Crippen molar-refractivity contribution in [3.63, 3.8) is 0 Å². The van der Waals surface area contributed by atoms with Crippen LogP contribution in [0.25, 0.3) is 0 Å². The van der Waals surface area contributed by atoms with Crippen molar-refractivity contribution < 1.29 is 17.9 Å². The quantitative estimate of drug-likeness (QED) is 0.872. The van der Waals surface area contributed by atoms with Gasteiger partial charge in [-0.1, -0.05) is 11.6 Å². The van der Waals surface area contributed by atoms with Crippen molar-refractivity contribution in [1.29, 1.82) is 0 Å². The number of halogens is 4. The molecular weight excluding hydrogens is 345 g/mol. The maximum Gasteiger partial charge on any atom is 0.417 e. The summed E-state index contributed by atoms with van der Waals surface area (Å²) in [6.07, 6.45) is -3.68. The normalized spacial score (nSPS) is 12.8. The van der Waals surface area contributed by atoms with Crippen LogP contribution in [-0.2, 0) is 6.18 Å². The topological polar surface area (TPSA) is 59.9 Å². The van der Waals surface area contributed by atoms with Crippen molar-refractivity contribution in [1.82, 2.24) is 15.0 Å². The first-order valence-corrected chi connectivity index (χ1v) is 7.48. The van der Waals surface area contributed by atoms with Crippen molar-refractivity contribution in [3.05, 3.63) is 40.4 Å². The van der Waals surface area contributed by atoms with Gasteiger partial charge in [-0.25, -0.2) is 15.0 Å². The lowest BCUT2D eigenvalue weighted by molar-refractivity contribution is -0.137. The van der Waals surface area contributed by atoms with E-state index >= 15 is 0 Å². The second kappa shape index (κ2) is 7.21. The average molecular weight is 361 g/mol. The van der Waals surface area contributed by atoms with E-state index in [-0.39, 0.29) is 18.5 Å². The lowest BCUT2D eigenvalue weighted by Gasteiger charge is -2.17. The summed E-state index contributed by atoms with van der Waals surface area (Å²) in [6.45, 7) is 5.53. The summed E-state index contributed by atoms with van der Waals surface area (Å²) in [4.78, 5) is 12.0. The molecule has 130 valence electrons. The van der Waals surface area contributed by atoms with Gasteiger partial charge in [0.15, 0.2) is 0 Å². The Morgan fingerprint density at radius 1 is 1.25 bits per heavy atom. The van der Waals surface area contributed by atoms with Crippen LogP contribution >= 0.6 is 11.6 Å². The van der Waals surface area contributed by atoms with E-state index in [1.54, 1.807) is 13.8 Å². The van der Waals surface area contributed by atoms with Crippen molar-refractivity contribution in [2.75, 3.05) is 11.9 Å². The Hall–Kier alpha value is -2.09. The lowest BCUT2D eigenvalue weighted by atomic mass is 10.3. The molecule has 1 atom stereocenters. The molecule has 5 nitrogen and oxygen atoms in total. The van der Waals surface area contributed by atoms with Gasteiger partial charge in [0.1, 0.15) is 23.3 Å². The Balaban J connectivity index is 1.95. The first kappa shape index (κ1) is 18.3. The summed E-state index contributed by atoms with van der Waals surface area (Å²) in [5.74, 6) is 1.17. The van der Waals surface area contributed by atoms with Crippen LogP contribution in [-0.4, -0.2) is 27.6 Å². The molecule has 2 rings (SSSR count). The molecule has 0 saturated carbocycles. The largest absolute Gasteiger partial charge is 0.475 e. The molecule has 2 aromatic rings. The van der Waals surface area contributed by atoms with Gasteiger partial charge in [-0.05, 0) is 26.8 Å². The number of aryl methyl sites for hydroxylation is 2. The van der Waals surface area contributed by atoms with Gasteiger partial charge in [-0.3, -0.25) is 0 Å². The van der Waals surface area contributed by atoms with Gasteiger partial charge in [0.25, 0.3) is 0 Å². The van der Waals surface area contributed by atoms with Crippen LogP contribution in [0.3, 0.4) is 0 Å². The molecule has 0 aromatic carbocycles. The minimum atomic E-state index is -4.42. The number of anilines is 1. The van der Waals surface area contributed by atoms with Crippen molar-refractivity contribution >= 4 is 17.4 Å². The molecule has 0 bridgehead atoms. The Labute approximate surface area is 142 Å². The summed E-state index contributed by atoms with van der Waals surface area (Å²) in [5, 5.41) is 3.50. The number of alkyl halides is 3. The molecule has 0 aliphatic heterocycles. The molecule has 0 aliphatic rings. The van der Waals surface area contributed by atoms with Crippen LogP contribution in [0, 0.1) is 13.8 Å². The standard InChI is InChI=1S/C15H16ClF3N4O/c1-8(21-14-13(16)9(2)22-10(3)23-14)7-24-12-5-4-11(6-20-12)15(17,18)19/h4-6,8H,7H2,1-3H3,(H,21,22,23). The number of nitrogens with one attached hydrogen (secondary N) is 1. The highest BCUT2D eigenvalue weighted by Crippen LogP contribution is 2.29. The predicted octanol–water partition coefficient (Wildman–Crippen LogP) is 4.04. The van der Waals surface area contributed by atoms with E-state index in [0.717, 1.165) is 12.3 Å². The molecule has 0 saturated heterocycles. The Bertz CT molecular complexity index is 707. The highest BCUT2D eigenvalue weighted by molar-refractivity contribution is 6.33. The molecule has 1 N–H and O–H groups in total. The first-order chi connectivity index (χ1) is 11.2. The molecule has 0 radical (unpaired) electrons. The number of nitrogens with zero attached hydrogens (tertiary/aromatic N) is 3. The second-order valence-electron chi connectivity index (χ2n) is 5.26. The molecule has 0 fully saturated rings. The fraction of sp³-hybridized carbons (Fsp3) is 0.400. The van der Waals surface area contributed by atoms with E-state index in [9.17, 15) is 13.2 Å². The smallest absolute Gasteiger partial charge is 0.417 e. The first-order valence-electron chi connectivity index (χ1n) is 7.10. The van der Waals surface area contributed by atoms with Gasteiger partial charge in [-0.15, -0.1) is 0 Å². The van der Waals surface area contributed by atoms with Gasteiger partial charge < -0.3 is 10.1 Å². The SMILES string of the molecule is Cc1nc(C)c(Cl)c(NC(C)COc2ccc(C(F)(F)F)cn2)n1. The third-order valence-corrected chi connectivity index (χ3v) is 3.51. The minimum absolute atomic E-state index is 0.109.